The highest BCUT2D eigenvalue weighted by Crippen LogP contribution is 2.46. The molecule has 1 fully saturated rings. The number of thioether (sulfide) groups is 1. The molecule has 0 bridgehead atoms. The molecule has 146 valence electrons. The van der Waals surface area contributed by atoms with Crippen LogP contribution >= 0.6 is 24.4 Å². The fourth-order valence-corrected chi connectivity index (χ4v) is 3.98. The predicted octanol–water partition coefficient (Wildman–Crippen LogP) is 4.06. The highest BCUT2D eigenvalue weighted by atomic mass is 32.2. The summed E-state index contributed by atoms with van der Waals surface area (Å²) in [4.78, 5) is 23.7. The number of nitrogens with zero attached hydrogens (tertiary/aromatic N) is 1. The minimum atomic E-state index is -4.97. The topological polar surface area (TPSA) is 57.6 Å². The van der Waals surface area contributed by atoms with Crippen molar-refractivity contribution in [3.05, 3.63) is 52.5 Å². The normalized spacial score (nSPS) is 19.4. The number of rotatable bonds is 5. The first-order valence-corrected chi connectivity index (χ1v) is 8.66. The van der Waals surface area contributed by atoms with Crippen molar-refractivity contribution in [2.24, 2.45) is 0 Å². The number of halogens is 5. The molecule has 0 aromatic heterocycles. The summed E-state index contributed by atoms with van der Waals surface area (Å²) in [7, 11) is 0. The van der Waals surface area contributed by atoms with Gasteiger partial charge in [0.05, 0.1) is 16.9 Å². The third-order valence-corrected chi connectivity index (χ3v) is 5.21. The Morgan fingerprint density at radius 2 is 1.81 bits per heavy atom. The molecule has 1 saturated heterocycles. The number of carbonyl (C=O) groups excluding carboxylic acids is 1. The lowest BCUT2D eigenvalue weighted by Gasteiger charge is -2.18. The van der Waals surface area contributed by atoms with E-state index in [-0.39, 0.29) is 6.54 Å². The van der Waals surface area contributed by atoms with E-state index in [9.17, 15) is 31.5 Å². The molecule has 0 radical (unpaired) electrons. The molecule has 11 heteroatoms. The molecular formula is C16H12F5NO3S2. The molecule has 1 N–H and O–H groups in total. The van der Waals surface area contributed by atoms with E-state index in [1.807, 2.05) is 0 Å². The van der Waals surface area contributed by atoms with Crippen molar-refractivity contribution in [2.75, 3.05) is 6.54 Å². The highest BCUT2D eigenvalue weighted by Gasteiger charge is 2.42. The summed E-state index contributed by atoms with van der Waals surface area (Å²) in [6.07, 6.45) is -5.41. The molecule has 4 nitrogen and oxygen atoms in total. The summed E-state index contributed by atoms with van der Waals surface area (Å²) in [5.41, 5.74) is -2.73. The number of carboxylic acids is 1. The fourth-order valence-electron chi connectivity index (χ4n) is 2.33. The summed E-state index contributed by atoms with van der Waals surface area (Å²) in [5, 5.41) is 8.73. The molecule has 1 aliphatic heterocycles. The molecule has 0 saturated carbocycles. The van der Waals surface area contributed by atoms with Gasteiger partial charge in [0.15, 0.2) is 0 Å². The van der Waals surface area contributed by atoms with Crippen LogP contribution < -0.4 is 0 Å². The smallest absolute Gasteiger partial charge is 0.416 e. The van der Waals surface area contributed by atoms with Gasteiger partial charge in [-0.05, 0) is 17.7 Å². The third kappa shape index (κ3) is 4.83. The van der Waals surface area contributed by atoms with Gasteiger partial charge < -0.3 is 10.0 Å². The van der Waals surface area contributed by atoms with E-state index < -0.39 is 62.4 Å². The zero-order valence-corrected chi connectivity index (χ0v) is 15.1. The predicted molar refractivity (Wildman–Crippen MR) is 92.8 cm³/mol. The standard InChI is InChI=1S/C16H12F5NO3S2/c1-7(16(19,20)21)12(8-4-9(17)6-10(18)5-8)13-14(25)22(15(26)27-13)3-2-11(23)24/h4-6,15,26H,1-3H2,(H,23,24)/b13-12+. The van der Waals surface area contributed by atoms with Gasteiger partial charge in [-0.15, -0.1) is 12.6 Å². The summed E-state index contributed by atoms with van der Waals surface area (Å²) in [6, 6.07) is 1.79. The van der Waals surface area contributed by atoms with Crippen LogP contribution in [-0.2, 0) is 9.59 Å². The van der Waals surface area contributed by atoms with Gasteiger partial charge in [-0.1, -0.05) is 18.3 Å². The van der Waals surface area contributed by atoms with Gasteiger partial charge in [-0.2, -0.15) is 13.2 Å². The monoisotopic (exact) mass is 425 g/mol. The van der Waals surface area contributed by atoms with E-state index in [1.54, 1.807) is 0 Å². The Morgan fingerprint density at radius 3 is 2.30 bits per heavy atom. The molecule has 1 aliphatic rings. The van der Waals surface area contributed by atoms with E-state index in [4.69, 9.17) is 5.11 Å². The lowest BCUT2D eigenvalue weighted by atomic mass is 9.97. The molecule has 2 rings (SSSR count). The summed E-state index contributed by atoms with van der Waals surface area (Å²) >= 11 is 4.69. The van der Waals surface area contributed by atoms with Crippen LogP contribution in [0.2, 0.25) is 0 Å². The fraction of sp³-hybridized carbons (Fsp3) is 0.250. The molecule has 27 heavy (non-hydrogen) atoms. The molecule has 1 atom stereocenters. The van der Waals surface area contributed by atoms with Gasteiger partial charge >= 0.3 is 12.1 Å². The van der Waals surface area contributed by atoms with Gasteiger partial charge in [0, 0.05) is 18.2 Å². The van der Waals surface area contributed by atoms with Crippen molar-refractivity contribution >= 4 is 41.8 Å². The number of carboxylic acid groups (broad SMARTS) is 1. The molecule has 1 aromatic carbocycles. The van der Waals surface area contributed by atoms with E-state index in [2.05, 4.69) is 19.2 Å². The number of carbonyl (C=O) groups is 2. The first kappa shape index (κ1) is 21.3. The van der Waals surface area contributed by atoms with Crippen molar-refractivity contribution in [1.29, 1.82) is 0 Å². The molecule has 0 aliphatic carbocycles. The second-order valence-corrected chi connectivity index (χ2v) is 7.35. The second kappa shape index (κ2) is 7.93. The molecular weight excluding hydrogens is 413 g/mol. The van der Waals surface area contributed by atoms with Crippen LogP contribution in [0.4, 0.5) is 22.0 Å². The number of alkyl halides is 3. The first-order valence-electron chi connectivity index (χ1n) is 7.26. The molecule has 1 unspecified atom stereocenters. The Kier molecular flexibility index (Phi) is 6.25. The molecule has 1 amide bonds. The quantitative estimate of drug-likeness (QED) is 0.425. The van der Waals surface area contributed by atoms with E-state index in [1.165, 1.54) is 0 Å². The minimum Gasteiger partial charge on any atom is -0.481 e. The van der Waals surface area contributed by atoms with Gasteiger partial charge in [0.25, 0.3) is 5.91 Å². The summed E-state index contributed by atoms with van der Waals surface area (Å²) < 4.78 is 65.9. The SMILES string of the molecule is C=C(/C(=C1\SC(S)N(CCC(=O)O)C1=O)c1cc(F)cc(F)c1)C(F)(F)F. The van der Waals surface area contributed by atoms with Crippen LogP contribution in [0.25, 0.3) is 5.57 Å². The summed E-state index contributed by atoms with van der Waals surface area (Å²) in [6.45, 7) is 2.64. The number of thiol groups is 1. The number of amides is 1. The van der Waals surface area contributed by atoms with Gasteiger partial charge in [-0.25, -0.2) is 8.78 Å². The number of allylic oxidation sites excluding steroid dienone is 2. The molecule has 1 heterocycles. The van der Waals surface area contributed by atoms with Crippen LogP contribution in [0.3, 0.4) is 0 Å². The average molecular weight is 425 g/mol. The largest absolute Gasteiger partial charge is 0.481 e. The Morgan fingerprint density at radius 1 is 1.26 bits per heavy atom. The number of hydrogen-bond acceptors (Lipinski definition) is 4. The number of benzene rings is 1. The minimum absolute atomic E-state index is 0.290. The lowest BCUT2D eigenvalue weighted by molar-refractivity contribution is -0.137. The maximum absolute atomic E-state index is 13.5. The number of aliphatic carboxylic acids is 1. The van der Waals surface area contributed by atoms with Crippen LogP contribution in [0.5, 0.6) is 0 Å². The third-order valence-electron chi connectivity index (χ3n) is 3.53. The average Bonchev–Trinajstić information content (AvgIpc) is 2.78. The van der Waals surface area contributed by atoms with Crippen molar-refractivity contribution in [3.63, 3.8) is 0 Å². The van der Waals surface area contributed by atoms with Crippen molar-refractivity contribution in [3.8, 4) is 0 Å². The van der Waals surface area contributed by atoms with Crippen LogP contribution in [0, 0.1) is 11.6 Å². The van der Waals surface area contributed by atoms with E-state index >= 15 is 0 Å². The van der Waals surface area contributed by atoms with Gasteiger partial charge in [0.1, 0.15) is 16.3 Å². The van der Waals surface area contributed by atoms with Crippen molar-refractivity contribution < 1.29 is 36.6 Å². The molecule has 0 spiro atoms. The van der Waals surface area contributed by atoms with Crippen molar-refractivity contribution in [2.45, 2.75) is 17.3 Å². The van der Waals surface area contributed by atoms with Crippen molar-refractivity contribution in [1.82, 2.24) is 4.90 Å². The Bertz CT molecular complexity index is 818. The zero-order chi connectivity index (χ0) is 20.5. The Labute approximate surface area is 160 Å². The molecule has 1 aromatic rings. The number of hydrogen-bond donors (Lipinski definition) is 2. The van der Waals surface area contributed by atoms with Gasteiger partial charge in [0.2, 0.25) is 0 Å². The highest BCUT2D eigenvalue weighted by molar-refractivity contribution is 8.14. The van der Waals surface area contributed by atoms with Crippen LogP contribution in [-0.4, -0.2) is 39.3 Å². The van der Waals surface area contributed by atoms with Crippen LogP contribution in [0.1, 0.15) is 12.0 Å². The second-order valence-electron chi connectivity index (χ2n) is 5.42. The maximum atomic E-state index is 13.5. The van der Waals surface area contributed by atoms with Crippen LogP contribution in [0.15, 0.2) is 35.3 Å². The Hall–Kier alpha value is -2.01. The van der Waals surface area contributed by atoms with E-state index in [0.717, 1.165) is 4.90 Å². The maximum Gasteiger partial charge on any atom is 0.416 e. The summed E-state index contributed by atoms with van der Waals surface area (Å²) in [5.74, 6) is -4.39. The van der Waals surface area contributed by atoms with Gasteiger partial charge in [-0.3, -0.25) is 9.59 Å². The van der Waals surface area contributed by atoms with E-state index in [0.29, 0.717) is 30.0 Å². The lowest BCUT2D eigenvalue weighted by Crippen LogP contribution is -2.32. The first-order chi connectivity index (χ1) is 12.4. The Balaban J connectivity index is 2.60. The zero-order valence-electron chi connectivity index (χ0n) is 13.4.